The predicted octanol–water partition coefficient (Wildman–Crippen LogP) is 6.92. The van der Waals surface area contributed by atoms with Gasteiger partial charge in [-0.3, -0.25) is 23.9 Å². The van der Waals surface area contributed by atoms with Crippen molar-refractivity contribution in [3.63, 3.8) is 0 Å². The summed E-state index contributed by atoms with van der Waals surface area (Å²) in [6.07, 6.45) is -4.99. The number of alkyl halides is 3. The van der Waals surface area contributed by atoms with Crippen molar-refractivity contribution in [3.05, 3.63) is 112 Å². The van der Waals surface area contributed by atoms with Gasteiger partial charge in [0.15, 0.2) is 11.6 Å². The lowest BCUT2D eigenvalue weighted by atomic mass is 10.1. The molecule has 6 rings (SSSR count). The van der Waals surface area contributed by atoms with E-state index in [2.05, 4.69) is 10.4 Å². The molecule has 0 unspecified atom stereocenters. The number of benzene rings is 4. The molecular formula is C31H16ClF5N4O6. The molecule has 2 heterocycles. The van der Waals surface area contributed by atoms with E-state index in [9.17, 15) is 46.2 Å². The molecule has 10 nitrogen and oxygen atoms in total. The summed E-state index contributed by atoms with van der Waals surface area (Å²) < 4.78 is 75.4. The number of rotatable bonds is 7. The Morgan fingerprint density at radius 2 is 1.60 bits per heavy atom. The Hall–Kier alpha value is -5.83. The second-order valence-electron chi connectivity index (χ2n) is 10.1. The highest BCUT2D eigenvalue weighted by molar-refractivity contribution is 6.36. The first-order valence-electron chi connectivity index (χ1n) is 13.3. The number of anilines is 2. The number of nitrogens with one attached hydrogen (secondary N) is 1. The van der Waals surface area contributed by atoms with E-state index in [4.69, 9.17) is 16.3 Å². The molecule has 0 spiro atoms. The summed E-state index contributed by atoms with van der Waals surface area (Å²) >= 11 is 6.23. The van der Waals surface area contributed by atoms with Crippen molar-refractivity contribution in [3.8, 4) is 11.5 Å². The van der Waals surface area contributed by atoms with Crippen LogP contribution in [0.3, 0.4) is 0 Å². The third-order valence-electron chi connectivity index (χ3n) is 6.98. The van der Waals surface area contributed by atoms with E-state index in [0.717, 1.165) is 28.9 Å². The number of carboxylic acids is 1. The lowest BCUT2D eigenvalue weighted by molar-refractivity contribution is -0.138. The zero-order valence-corrected chi connectivity index (χ0v) is 24.0. The zero-order valence-electron chi connectivity index (χ0n) is 23.2. The van der Waals surface area contributed by atoms with E-state index >= 15 is 0 Å². The SMILES string of the molecule is O=C(O)Cn1nc(N2C(=O)c3ccccc3C2=O)c2c(Oc3cc(F)ccc3Cl)c(NC(=O)c3cc(F)cc(C(F)(F)F)c3)ccc21. The number of carbonyl (C=O) groups excluding carboxylic acids is 3. The van der Waals surface area contributed by atoms with Gasteiger partial charge in [-0.05, 0) is 54.6 Å². The van der Waals surface area contributed by atoms with E-state index in [0.29, 0.717) is 17.0 Å². The molecule has 0 atom stereocenters. The highest BCUT2D eigenvalue weighted by Crippen LogP contribution is 2.45. The largest absolute Gasteiger partial charge is 0.480 e. The number of carboxylic acid groups (broad SMARTS) is 1. The van der Waals surface area contributed by atoms with Crippen molar-refractivity contribution in [2.45, 2.75) is 12.7 Å². The summed E-state index contributed by atoms with van der Waals surface area (Å²) in [5.74, 6) is -7.72. The van der Waals surface area contributed by atoms with Crippen LogP contribution < -0.4 is 15.0 Å². The van der Waals surface area contributed by atoms with E-state index < -0.39 is 70.7 Å². The number of aliphatic carboxylic acids is 1. The van der Waals surface area contributed by atoms with Crippen LogP contribution >= 0.6 is 11.6 Å². The average Bonchev–Trinajstić information content (AvgIpc) is 3.48. The molecular weight excluding hydrogens is 655 g/mol. The van der Waals surface area contributed by atoms with Crippen LogP contribution in [0.2, 0.25) is 5.02 Å². The van der Waals surface area contributed by atoms with Crippen LogP contribution in [0.4, 0.5) is 33.5 Å². The van der Waals surface area contributed by atoms with Crippen molar-refractivity contribution in [2.75, 3.05) is 10.2 Å². The summed E-state index contributed by atoms with van der Waals surface area (Å²) in [5, 5.41) is 15.7. The average molecular weight is 671 g/mol. The fourth-order valence-corrected chi connectivity index (χ4v) is 5.11. The summed E-state index contributed by atoms with van der Waals surface area (Å²) in [4.78, 5) is 52.6. The van der Waals surface area contributed by atoms with E-state index in [1.165, 1.54) is 30.3 Å². The molecule has 238 valence electrons. The predicted molar refractivity (Wildman–Crippen MR) is 156 cm³/mol. The topological polar surface area (TPSA) is 131 Å². The van der Waals surface area contributed by atoms with Crippen LogP contribution in [0.25, 0.3) is 10.9 Å². The molecule has 1 aromatic heterocycles. The molecule has 0 saturated heterocycles. The molecule has 3 amide bonds. The highest BCUT2D eigenvalue weighted by Gasteiger charge is 2.40. The first-order chi connectivity index (χ1) is 22.2. The van der Waals surface area contributed by atoms with Gasteiger partial charge in [0, 0.05) is 11.6 Å². The fraction of sp³-hybridized carbons (Fsp3) is 0.0645. The molecule has 0 aliphatic carbocycles. The van der Waals surface area contributed by atoms with Crippen LogP contribution in [0, 0.1) is 11.6 Å². The van der Waals surface area contributed by atoms with Crippen LogP contribution in [-0.2, 0) is 17.5 Å². The number of hydrogen-bond acceptors (Lipinski definition) is 6. The Kier molecular flexibility index (Phi) is 7.63. The number of fused-ring (bicyclic) bond motifs is 2. The molecule has 1 aliphatic rings. The van der Waals surface area contributed by atoms with Gasteiger partial charge >= 0.3 is 12.1 Å². The Morgan fingerprint density at radius 1 is 0.915 bits per heavy atom. The first-order valence-corrected chi connectivity index (χ1v) is 13.7. The maximum Gasteiger partial charge on any atom is 0.416 e. The lowest BCUT2D eigenvalue weighted by Crippen LogP contribution is -2.30. The van der Waals surface area contributed by atoms with Gasteiger partial charge in [0.1, 0.15) is 23.9 Å². The monoisotopic (exact) mass is 670 g/mol. The summed E-state index contributed by atoms with van der Waals surface area (Å²) in [6, 6.07) is 12.4. The molecule has 47 heavy (non-hydrogen) atoms. The second kappa shape index (κ2) is 11.5. The van der Waals surface area contributed by atoms with Crippen molar-refractivity contribution in [2.24, 2.45) is 0 Å². The molecule has 1 aliphatic heterocycles. The van der Waals surface area contributed by atoms with Crippen LogP contribution in [-0.4, -0.2) is 38.6 Å². The Labute approximate surface area is 264 Å². The minimum Gasteiger partial charge on any atom is -0.480 e. The van der Waals surface area contributed by atoms with Gasteiger partial charge in [-0.25, -0.2) is 13.7 Å². The maximum absolute atomic E-state index is 14.3. The molecule has 2 N–H and O–H groups in total. The zero-order chi connectivity index (χ0) is 33.8. The van der Waals surface area contributed by atoms with E-state index in [-0.39, 0.29) is 44.6 Å². The summed E-state index contributed by atoms with van der Waals surface area (Å²) in [5.41, 5.74) is -2.56. The third kappa shape index (κ3) is 5.72. The van der Waals surface area contributed by atoms with Crippen molar-refractivity contribution in [1.82, 2.24) is 9.78 Å². The lowest BCUT2D eigenvalue weighted by Gasteiger charge is -2.17. The third-order valence-corrected chi connectivity index (χ3v) is 7.30. The number of amides is 3. The van der Waals surface area contributed by atoms with Gasteiger partial charge in [0.2, 0.25) is 0 Å². The van der Waals surface area contributed by atoms with Crippen LogP contribution in [0.15, 0.2) is 72.8 Å². The minimum absolute atomic E-state index is 0.00473. The highest BCUT2D eigenvalue weighted by atomic mass is 35.5. The number of hydrogen-bond donors (Lipinski definition) is 2. The van der Waals surface area contributed by atoms with Crippen molar-refractivity contribution in [1.29, 1.82) is 0 Å². The van der Waals surface area contributed by atoms with Crippen molar-refractivity contribution >= 4 is 57.7 Å². The molecule has 0 fully saturated rings. The molecule has 4 aromatic carbocycles. The number of imide groups is 1. The summed E-state index contributed by atoms with van der Waals surface area (Å²) in [6.45, 7) is -0.783. The molecule has 0 bridgehead atoms. The van der Waals surface area contributed by atoms with Gasteiger partial charge in [-0.2, -0.15) is 18.3 Å². The fourth-order valence-electron chi connectivity index (χ4n) is 4.96. The van der Waals surface area contributed by atoms with Crippen LogP contribution in [0.5, 0.6) is 11.5 Å². The quantitative estimate of drug-likeness (QED) is 0.142. The number of halogens is 6. The molecule has 5 aromatic rings. The van der Waals surface area contributed by atoms with Crippen molar-refractivity contribution < 1.29 is 51.0 Å². The van der Waals surface area contributed by atoms with Gasteiger partial charge < -0.3 is 15.2 Å². The molecule has 16 heteroatoms. The maximum atomic E-state index is 14.3. The standard InChI is InChI=1S/C31H16ClF5N4O6/c32-20-6-5-16(33)12-23(20)47-26-21(38-28(44)14-9-15(31(35,36)37)11-17(34)10-14)7-8-22-25(26)27(39-40(22)13-24(42)43)41-29(45)18-3-1-2-4-19(18)30(41)46/h1-12H,13H2,(H,38,44)(H,42,43). The Morgan fingerprint density at radius 3 is 2.23 bits per heavy atom. The number of ether oxygens (including phenoxy) is 1. The summed E-state index contributed by atoms with van der Waals surface area (Å²) in [7, 11) is 0. The number of nitrogens with zero attached hydrogens (tertiary/aromatic N) is 3. The number of carbonyl (C=O) groups is 4. The normalized spacial score (nSPS) is 12.9. The second-order valence-corrected chi connectivity index (χ2v) is 10.5. The first kappa shape index (κ1) is 31.2. The van der Waals surface area contributed by atoms with Gasteiger partial charge in [-0.1, -0.05) is 23.7 Å². The van der Waals surface area contributed by atoms with Gasteiger partial charge in [0.05, 0.1) is 38.3 Å². The van der Waals surface area contributed by atoms with Gasteiger partial charge in [0.25, 0.3) is 17.7 Å². The van der Waals surface area contributed by atoms with E-state index in [1.807, 2.05) is 0 Å². The Bertz CT molecular complexity index is 2130. The molecule has 0 saturated carbocycles. The van der Waals surface area contributed by atoms with Crippen LogP contribution in [0.1, 0.15) is 36.6 Å². The smallest absolute Gasteiger partial charge is 0.416 e. The van der Waals surface area contributed by atoms with Gasteiger partial charge in [-0.15, -0.1) is 0 Å². The molecule has 0 radical (unpaired) electrons. The Balaban J connectivity index is 1.58. The number of aromatic nitrogens is 2. The minimum atomic E-state index is -4.99. The van der Waals surface area contributed by atoms with E-state index in [1.54, 1.807) is 0 Å².